The van der Waals surface area contributed by atoms with Crippen molar-refractivity contribution in [3.8, 4) is 11.3 Å². The van der Waals surface area contributed by atoms with Crippen LogP contribution in [0, 0.1) is 0 Å². The van der Waals surface area contributed by atoms with Gasteiger partial charge in [0, 0.05) is 50.6 Å². The first-order chi connectivity index (χ1) is 13.3. The number of aryl methyl sites for hydroxylation is 1. The van der Waals surface area contributed by atoms with Crippen molar-refractivity contribution in [2.24, 2.45) is 0 Å². The summed E-state index contributed by atoms with van der Waals surface area (Å²) in [7, 11) is 0. The quantitative estimate of drug-likeness (QED) is 0.783. The summed E-state index contributed by atoms with van der Waals surface area (Å²) in [6, 6.07) is 10.3. The second kappa shape index (κ2) is 8.67. The van der Waals surface area contributed by atoms with Gasteiger partial charge in [-0.3, -0.25) is 9.69 Å². The third-order valence-corrected chi connectivity index (χ3v) is 5.43. The molecule has 1 unspecified atom stereocenters. The molecule has 2 aliphatic heterocycles. The maximum absolute atomic E-state index is 12.8. The van der Waals surface area contributed by atoms with Crippen LogP contribution < -0.4 is 0 Å². The molecule has 0 bridgehead atoms. The highest BCUT2D eigenvalue weighted by Gasteiger charge is 2.30. The van der Waals surface area contributed by atoms with Gasteiger partial charge in [0.1, 0.15) is 0 Å². The molecule has 4 rings (SSSR count). The molecular formula is C21H27N3O3. The van der Waals surface area contributed by atoms with Crippen LogP contribution in [0.1, 0.15) is 25.2 Å². The van der Waals surface area contributed by atoms with E-state index in [4.69, 9.17) is 9.15 Å². The Kier molecular flexibility index (Phi) is 5.84. The number of aromatic nitrogens is 1. The fraction of sp³-hybridized carbons (Fsp3) is 0.524. The fourth-order valence-corrected chi connectivity index (χ4v) is 3.95. The molecule has 6 nitrogen and oxygen atoms in total. The number of carbonyl (C=O) groups excluding carboxylic acids is 1. The van der Waals surface area contributed by atoms with E-state index < -0.39 is 0 Å². The van der Waals surface area contributed by atoms with E-state index in [0.717, 1.165) is 63.6 Å². The number of likely N-dealkylation sites (tertiary alicyclic amines) is 1. The SMILES string of the molecule is O=C(CCc1ncc(-c2ccccc2)o1)N1CCCC1CN1CCOCC1. The molecule has 1 aromatic carbocycles. The summed E-state index contributed by atoms with van der Waals surface area (Å²) in [6.45, 7) is 5.37. The average Bonchev–Trinajstić information content (AvgIpc) is 3.37. The molecule has 2 aromatic rings. The van der Waals surface area contributed by atoms with Crippen molar-refractivity contribution in [1.29, 1.82) is 0 Å². The van der Waals surface area contributed by atoms with E-state index in [2.05, 4.69) is 14.8 Å². The lowest BCUT2D eigenvalue weighted by molar-refractivity contribution is -0.132. The minimum absolute atomic E-state index is 0.213. The Hall–Kier alpha value is -2.18. The lowest BCUT2D eigenvalue weighted by atomic mass is 10.2. The van der Waals surface area contributed by atoms with E-state index in [-0.39, 0.29) is 5.91 Å². The van der Waals surface area contributed by atoms with Crippen LogP contribution in [-0.2, 0) is 16.0 Å². The minimum atomic E-state index is 0.213. The number of hydrogen-bond donors (Lipinski definition) is 0. The van der Waals surface area contributed by atoms with Gasteiger partial charge in [0.2, 0.25) is 5.91 Å². The summed E-state index contributed by atoms with van der Waals surface area (Å²) in [4.78, 5) is 21.6. The first kappa shape index (κ1) is 18.2. The first-order valence-corrected chi connectivity index (χ1v) is 9.89. The van der Waals surface area contributed by atoms with Gasteiger partial charge in [0.05, 0.1) is 19.4 Å². The molecule has 144 valence electrons. The lowest BCUT2D eigenvalue weighted by Gasteiger charge is -2.33. The van der Waals surface area contributed by atoms with Crippen LogP contribution >= 0.6 is 0 Å². The van der Waals surface area contributed by atoms with Crippen LogP contribution in [0.5, 0.6) is 0 Å². The Labute approximate surface area is 160 Å². The van der Waals surface area contributed by atoms with E-state index in [1.807, 2.05) is 30.3 Å². The second-order valence-electron chi connectivity index (χ2n) is 7.28. The molecule has 6 heteroatoms. The third-order valence-electron chi connectivity index (χ3n) is 5.43. The molecule has 0 N–H and O–H groups in total. The van der Waals surface area contributed by atoms with Crippen LogP contribution in [0.15, 0.2) is 40.9 Å². The predicted octanol–water partition coefficient (Wildman–Crippen LogP) is 2.60. The molecule has 27 heavy (non-hydrogen) atoms. The molecule has 1 amide bonds. The minimum Gasteiger partial charge on any atom is -0.441 e. The number of oxazole rings is 1. The highest BCUT2D eigenvalue weighted by molar-refractivity contribution is 5.77. The predicted molar refractivity (Wildman–Crippen MR) is 102 cm³/mol. The Bertz CT molecular complexity index is 740. The molecule has 0 radical (unpaired) electrons. The number of benzene rings is 1. The first-order valence-electron chi connectivity index (χ1n) is 9.89. The van der Waals surface area contributed by atoms with Gasteiger partial charge < -0.3 is 14.1 Å². The van der Waals surface area contributed by atoms with Gasteiger partial charge in [0.25, 0.3) is 0 Å². The normalized spacial score (nSPS) is 20.9. The molecule has 1 atom stereocenters. The Balaban J connectivity index is 1.30. The van der Waals surface area contributed by atoms with Gasteiger partial charge in [-0.05, 0) is 12.8 Å². The van der Waals surface area contributed by atoms with E-state index >= 15 is 0 Å². The van der Waals surface area contributed by atoms with Crippen LogP contribution in [0.4, 0.5) is 0 Å². The summed E-state index contributed by atoms with van der Waals surface area (Å²) in [6.07, 6.45) is 4.94. The largest absolute Gasteiger partial charge is 0.441 e. The summed E-state index contributed by atoms with van der Waals surface area (Å²) in [5.74, 6) is 1.60. The molecule has 1 aromatic heterocycles. The maximum Gasteiger partial charge on any atom is 0.223 e. The molecule has 2 fully saturated rings. The topological polar surface area (TPSA) is 58.8 Å². The van der Waals surface area contributed by atoms with Crippen LogP contribution in [0.25, 0.3) is 11.3 Å². The van der Waals surface area contributed by atoms with Gasteiger partial charge in [0.15, 0.2) is 11.7 Å². The van der Waals surface area contributed by atoms with Gasteiger partial charge >= 0.3 is 0 Å². The molecule has 2 saturated heterocycles. The number of morpholine rings is 1. The van der Waals surface area contributed by atoms with Crippen molar-refractivity contribution in [2.75, 3.05) is 39.4 Å². The number of nitrogens with zero attached hydrogens (tertiary/aromatic N) is 3. The number of ether oxygens (including phenoxy) is 1. The van der Waals surface area contributed by atoms with Gasteiger partial charge in [-0.15, -0.1) is 0 Å². The van der Waals surface area contributed by atoms with E-state index in [1.54, 1.807) is 6.20 Å². The van der Waals surface area contributed by atoms with Crippen molar-refractivity contribution < 1.29 is 13.9 Å². The Morgan fingerprint density at radius 3 is 2.78 bits per heavy atom. The molecule has 3 heterocycles. The highest BCUT2D eigenvalue weighted by atomic mass is 16.5. The Morgan fingerprint density at radius 2 is 1.96 bits per heavy atom. The summed E-state index contributed by atoms with van der Waals surface area (Å²) < 4.78 is 11.2. The fourth-order valence-electron chi connectivity index (χ4n) is 3.95. The number of rotatable bonds is 6. The van der Waals surface area contributed by atoms with Gasteiger partial charge in [-0.25, -0.2) is 4.98 Å². The zero-order valence-corrected chi connectivity index (χ0v) is 15.7. The zero-order chi connectivity index (χ0) is 18.5. The van der Waals surface area contributed by atoms with Gasteiger partial charge in [-0.2, -0.15) is 0 Å². The smallest absolute Gasteiger partial charge is 0.223 e. The lowest BCUT2D eigenvalue weighted by Crippen LogP contribution is -2.46. The van der Waals surface area contributed by atoms with Crippen molar-refractivity contribution >= 4 is 5.91 Å². The number of hydrogen-bond acceptors (Lipinski definition) is 5. The number of carbonyl (C=O) groups is 1. The monoisotopic (exact) mass is 369 g/mol. The maximum atomic E-state index is 12.8. The van der Waals surface area contributed by atoms with Crippen molar-refractivity contribution in [3.05, 3.63) is 42.4 Å². The van der Waals surface area contributed by atoms with Crippen molar-refractivity contribution in [3.63, 3.8) is 0 Å². The average molecular weight is 369 g/mol. The summed E-state index contributed by atoms with van der Waals surface area (Å²) in [5, 5.41) is 0. The van der Waals surface area contributed by atoms with Crippen LogP contribution in [-0.4, -0.2) is 66.1 Å². The standard InChI is InChI=1S/C21H27N3O3/c25-21(24-10-4-7-18(24)16-23-11-13-26-14-12-23)9-8-20-22-15-19(27-20)17-5-2-1-3-6-17/h1-3,5-6,15,18H,4,7-14,16H2. The molecular weight excluding hydrogens is 342 g/mol. The summed E-state index contributed by atoms with van der Waals surface area (Å²) in [5.41, 5.74) is 1.01. The van der Waals surface area contributed by atoms with Crippen LogP contribution in [0.3, 0.4) is 0 Å². The number of amides is 1. The Morgan fingerprint density at radius 1 is 1.15 bits per heavy atom. The second-order valence-corrected chi connectivity index (χ2v) is 7.28. The molecule has 0 spiro atoms. The highest BCUT2D eigenvalue weighted by Crippen LogP contribution is 2.22. The zero-order valence-electron chi connectivity index (χ0n) is 15.7. The van der Waals surface area contributed by atoms with Crippen molar-refractivity contribution in [2.45, 2.75) is 31.7 Å². The van der Waals surface area contributed by atoms with Gasteiger partial charge in [-0.1, -0.05) is 30.3 Å². The van der Waals surface area contributed by atoms with E-state index in [1.165, 1.54) is 0 Å². The summed E-state index contributed by atoms with van der Waals surface area (Å²) >= 11 is 0. The van der Waals surface area contributed by atoms with E-state index in [0.29, 0.717) is 24.8 Å². The molecule has 2 aliphatic rings. The van der Waals surface area contributed by atoms with Crippen LogP contribution in [0.2, 0.25) is 0 Å². The molecule has 0 saturated carbocycles. The third kappa shape index (κ3) is 4.57. The molecule has 0 aliphatic carbocycles. The van der Waals surface area contributed by atoms with E-state index in [9.17, 15) is 4.79 Å². The van der Waals surface area contributed by atoms with Crippen molar-refractivity contribution in [1.82, 2.24) is 14.8 Å².